The first-order valence-electron chi connectivity index (χ1n) is 8.19. The first kappa shape index (κ1) is 17.4. The van der Waals surface area contributed by atoms with E-state index >= 15 is 0 Å². The van der Waals surface area contributed by atoms with Gasteiger partial charge in [-0.05, 0) is 63.2 Å². The molecule has 26 heavy (non-hydrogen) atoms. The third kappa shape index (κ3) is 3.21. The average molecular weight is 349 g/mol. The van der Waals surface area contributed by atoms with Gasteiger partial charge in [0.25, 0.3) is 11.6 Å². The summed E-state index contributed by atoms with van der Waals surface area (Å²) in [5, 5.41) is 13.8. The van der Waals surface area contributed by atoms with E-state index in [1.54, 1.807) is 31.2 Å². The van der Waals surface area contributed by atoms with Crippen LogP contribution >= 0.6 is 0 Å². The highest BCUT2D eigenvalue weighted by molar-refractivity contribution is 6.05. The van der Waals surface area contributed by atoms with E-state index in [0.29, 0.717) is 16.8 Å². The summed E-state index contributed by atoms with van der Waals surface area (Å²) < 4.78 is 2.10. The van der Waals surface area contributed by atoms with Crippen LogP contribution in [0.3, 0.4) is 0 Å². The van der Waals surface area contributed by atoms with Crippen LogP contribution in [0.1, 0.15) is 27.3 Å². The van der Waals surface area contributed by atoms with Crippen molar-refractivity contribution >= 4 is 17.3 Å². The highest BCUT2D eigenvalue weighted by atomic mass is 16.6. The molecule has 0 saturated carbocycles. The van der Waals surface area contributed by atoms with Crippen molar-refractivity contribution in [1.29, 1.82) is 0 Å². The summed E-state index contributed by atoms with van der Waals surface area (Å²) in [6.45, 7) is 5.67. The first-order valence-corrected chi connectivity index (χ1v) is 8.19. The summed E-state index contributed by atoms with van der Waals surface area (Å²) in [4.78, 5) is 23.1. The van der Waals surface area contributed by atoms with E-state index in [1.165, 1.54) is 6.07 Å². The molecule has 0 fully saturated rings. The van der Waals surface area contributed by atoms with E-state index in [4.69, 9.17) is 0 Å². The number of nitrogens with zero attached hydrogens (tertiary/aromatic N) is 2. The van der Waals surface area contributed by atoms with E-state index in [2.05, 4.69) is 9.88 Å². The van der Waals surface area contributed by atoms with Gasteiger partial charge < -0.3 is 9.88 Å². The Bertz CT molecular complexity index is 969. The summed E-state index contributed by atoms with van der Waals surface area (Å²) >= 11 is 0. The molecule has 3 aromatic rings. The van der Waals surface area contributed by atoms with Crippen molar-refractivity contribution in [2.75, 3.05) is 5.32 Å². The van der Waals surface area contributed by atoms with Gasteiger partial charge in [-0.3, -0.25) is 14.9 Å². The molecule has 1 aromatic heterocycles. The fraction of sp³-hybridized carbons (Fsp3) is 0.150. The summed E-state index contributed by atoms with van der Waals surface area (Å²) in [5.41, 5.74) is 4.55. The molecule has 6 heteroatoms. The van der Waals surface area contributed by atoms with Crippen molar-refractivity contribution in [2.45, 2.75) is 20.8 Å². The lowest BCUT2D eigenvalue weighted by Crippen LogP contribution is -2.13. The molecular formula is C20H19N3O3. The molecule has 0 saturated heterocycles. The molecule has 0 radical (unpaired) electrons. The number of nitro groups is 1. The van der Waals surface area contributed by atoms with Crippen molar-refractivity contribution < 1.29 is 9.72 Å². The summed E-state index contributed by atoms with van der Waals surface area (Å²) in [6, 6.07) is 16.0. The van der Waals surface area contributed by atoms with Crippen LogP contribution in [0.2, 0.25) is 0 Å². The number of anilines is 1. The second-order valence-electron chi connectivity index (χ2n) is 6.16. The maximum atomic E-state index is 12.5. The molecule has 0 aliphatic heterocycles. The Morgan fingerprint density at radius 3 is 2.15 bits per heavy atom. The van der Waals surface area contributed by atoms with E-state index in [-0.39, 0.29) is 11.6 Å². The number of hydrogen-bond acceptors (Lipinski definition) is 3. The summed E-state index contributed by atoms with van der Waals surface area (Å²) in [6.07, 6.45) is 0. The monoisotopic (exact) mass is 349 g/mol. The van der Waals surface area contributed by atoms with Crippen LogP contribution in [-0.4, -0.2) is 15.4 Å². The number of nitrogens with one attached hydrogen (secondary N) is 1. The first-order chi connectivity index (χ1) is 12.4. The lowest BCUT2D eigenvalue weighted by atomic mass is 10.1. The molecule has 0 spiro atoms. The maximum absolute atomic E-state index is 12.5. The Balaban J connectivity index is 1.84. The molecule has 6 nitrogen and oxygen atoms in total. The fourth-order valence-electron chi connectivity index (χ4n) is 2.99. The smallest absolute Gasteiger partial charge is 0.274 e. The highest BCUT2D eigenvalue weighted by Gasteiger charge is 2.15. The predicted octanol–water partition coefficient (Wildman–Crippen LogP) is 4.56. The quantitative estimate of drug-likeness (QED) is 0.554. The molecule has 1 heterocycles. The summed E-state index contributed by atoms with van der Waals surface area (Å²) in [5.74, 6) is -0.305. The van der Waals surface area contributed by atoms with Crippen LogP contribution in [0.15, 0.2) is 54.6 Å². The van der Waals surface area contributed by atoms with E-state index in [0.717, 1.165) is 17.1 Å². The number of carbonyl (C=O) groups excluding carboxylic acids is 1. The van der Waals surface area contributed by atoms with Gasteiger partial charge in [0.05, 0.1) is 16.2 Å². The maximum Gasteiger partial charge on any atom is 0.274 e. The zero-order valence-corrected chi connectivity index (χ0v) is 14.8. The minimum absolute atomic E-state index is 0.0169. The molecule has 0 atom stereocenters. The molecular weight excluding hydrogens is 330 g/mol. The van der Waals surface area contributed by atoms with Crippen molar-refractivity contribution in [2.24, 2.45) is 0 Å². The van der Waals surface area contributed by atoms with Gasteiger partial charge in [0, 0.05) is 28.7 Å². The van der Waals surface area contributed by atoms with Gasteiger partial charge in [-0.25, -0.2) is 0 Å². The molecule has 3 rings (SSSR count). The van der Waals surface area contributed by atoms with Crippen LogP contribution in [0.5, 0.6) is 0 Å². The number of benzene rings is 2. The van der Waals surface area contributed by atoms with Crippen molar-refractivity contribution in [1.82, 2.24) is 4.57 Å². The third-order valence-corrected chi connectivity index (χ3v) is 4.41. The Labute approximate surface area is 151 Å². The predicted molar refractivity (Wildman–Crippen MR) is 101 cm³/mol. The zero-order chi connectivity index (χ0) is 18.8. The fourth-order valence-corrected chi connectivity index (χ4v) is 2.99. The van der Waals surface area contributed by atoms with Crippen LogP contribution in [0, 0.1) is 30.9 Å². The van der Waals surface area contributed by atoms with Crippen LogP contribution in [-0.2, 0) is 0 Å². The molecule has 2 aromatic carbocycles. The molecule has 0 bridgehead atoms. The van der Waals surface area contributed by atoms with Gasteiger partial charge in [-0.15, -0.1) is 0 Å². The van der Waals surface area contributed by atoms with Gasteiger partial charge in [-0.1, -0.05) is 6.07 Å². The van der Waals surface area contributed by atoms with Crippen molar-refractivity contribution in [3.63, 3.8) is 0 Å². The second-order valence-corrected chi connectivity index (χ2v) is 6.16. The number of rotatable bonds is 4. The highest BCUT2D eigenvalue weighted by Crippen LogP contribution is 2.25. The topological polar surface area (TPSA) is 77.2 Å². The second kappa shape index (κ2) is 6.84. The molecule has 1 amide bonds. The van der Waals surface area contributed by atoms with E-state index in [9.17, 15) is 14.9 Å². The molecule has 0 aliphatic carbocycles. The van der Waals surface area contributed by atoms with E-state index in [1.807, 2.05) is 38.1 Å². The van der Waals surface area contributed by atoms with Gasteiger partial charge in [-0.2, -0.15) is 0 Å². The SMILES string of the molecule is Cc1c(NC(=O)c2ccc(-n3c(C)ccc3C)cc2)cccc1[N+](=O)[O-]. The van der Waals surface area contributed by atoms with Crippen LogP contribution < -0.4 is 5.32 Å². The number of aromatic nitrogens is 1. The Kier molecular flexibility index (Phi) is 4.58. The minimum atomic E-state index is -0.457. The average Bonchev–Trinajstić information content (AvgIpc) is 2.95. The Morgan fingerprint density at radius 2 is 1.58 bits per heavy atom. The number of amides is 1. The lowest BCUT2D eigenvalue weighted by Gasteiger charge is -2.11. The third-order valence-electron chi connectivity index (χ3n) is 4.41. The lowest BCUT2D eigenvalue weighted by molar-refractivity contribution is -0.385. The van der Waals surface area contributed by atoms with Gasteiger partial charge in [0.15, 0.2) is 0 Å². The number of hydrogen-bond donors (Lipinski definition) is 1. The van der Waals surface area contributed by atoms with Gasteiger partial charge in [0.1, 0.15) is 0 Å². The minimum Gasteiger partial charge on any atom is -0.321 e. The number of aryl methyl sites for hydroxylation is 2. The molecule has 0 aliphatic rings. The normalized spacial score (nSPS) is 10.6. The summed E-state index contributed by atoms with van der Waals surface area (Å²) in [7, 11) is 0. The molecule has 0 unspecified atom stereocenters. The van der Waals surface area contributed by atoms with Crippen molar-refractivity contribution in [3.8, 4) is 5.69 Å². The van der Waals surface area contributed by atoms with Crippen LogP contribution in [0.4, 0.5) is 11.4 Å². The van der Waals surface area contributed by atoms with Gasteiger partial charge >= 0.3 is 0 Å². The van der Waals surface area contributed by atoms with Crippen molar-refractivity contribution in [3.05, 3.63) is 87.2 Å². The number of carbonyl (C=O) groups is 1. The largest absolute Gasteiger partial charge is 0.321 e. The van der Waals surface area contributed by atoms with Gasteiger partial charge in [0.2, 0.25) is 0 Å². The molecule has 1 N–H and O–H groups in total. The zero-order valence-electron chi connectivity index (χ0n) is 14.8. The van der Waals surface area contributed by atoms with E-state index < -0.39 is 4.92 Å². The Hall–Kier alpha value is -3.41. The van der Waals surface area contributed by atoms with Crippen LogP contribution in [0.25, 0.3) is 5.69 Å². The molecule has 132 valence electrons. The number of nitro benzene ring substituents is 1. The Morgan fingerprint density at radius 1 is 0.962 bits per heavy atom. The standard InChI is InChI=1S/C20H19N3O3/c1-13-7-8-14(2)22(13)17-11-9-16(10-12-17)20(24)21-18-5-4-6-19(15(18)3)23(25)26/h4-12H,1-3H3,(H,21,24).